The highest BCUT2D eigenvalue weighted by molar-refractivity contribution is 5.83. The molecule has 4 bridgehead atoms. The van der Waals surface area contributed by atoms with Crippen LogP contribution in [0.4, 0.5) is 26.3 Å². The molecule has 0 aromatic heterocycles. The molecule has 4 rings (SSSR count). The standard InChI is InChI=1S/C18H20F6O7/c19-16(20,11(26)27)18(23,24)17(21,22)13(29)31-15-6-9-3-10(7-15)5-14(4-9,8-15)12(28)30-2-1-25/h9-10,25H,1-8H2,(H,26,27)/p-1. The molecule has 2 atom stereocenters. The van der Waals surface area contributed by atoms with E-state index in [2.05, 4.69) is 4.74 Å². The predicted molar refractivity (Wildman–Crippen MR) is 83.8 cm³/mol. The Balaban J connectivity index is 1.85. The van der Waals surface area contributed by atoms with Gasteiger partial charge in [0.25, 0.3) is 0 Å². The van der Waals surface area contributed by atoms with Gasteiger partial charge < -0.3 is 24.5 Å². The van der Waals surface area contributed by atoms with Gasteiger partial charge in [-0.15, -0.1) is 0 Å². The van der Waals surface area contributed by atoms with Gasteiger partial charge in [-0.2, -0.15) is 26.3 Å². The van der Waals surface area contributed by atoms with Crippen molar-refractivity contribution < 1.29 is 60.4 Å². The van der Waals surface area contributed by atoms with Crippen molar-refractivity contribution in [2.24, 2.45) is 17.3 Å². The van der Waals surface area contributed by atoms with E-state index >= 15 is 0 Å². The summed E-state index contributed by atoms with van der Waals surface area (Å²) in [4.78, 5) is 34.8. The van der Waals surface area contributed by atoms with Crippen molar-refractivity contribution in [2.45, 2.75) is 61.9 Å². The molecule has 4 aliphatic carbocycles. The molecule has 31 heavy (non-hydrogen) atoms. The molecule has 0 spiro atoms. The SMILES string of the molecule is O=C(OCCO)C12CC3CC(CC(OC(=O)C(F)(F)C(F)(F)C(F)(F)C(=O)[O-])(C3)C1)C2. The summed E-state index contributed by atoms with van der Waals surface area (Å²) in [5.74, 6) is -27.2. The minimum atomic E-state index is -6.62. The molecule has 7 nitrogen and oxygen atoms in total. The second-order valence-corrected chi connectivity index (χ2v) is 8.68. The molecule has 0 saturated heterocycles. The van der Waals surface area contributed by atoms with Crippen molar-refractivity contribution in [1.29, 1.82) is 0 Å². The zero-order valence-electron chi connectivity index (χ0n) is 16.0. The average Bonchev–Trinajstić information content (AvgIpc) is 2.63. The monoisotopic (exact) mass is 461 g/mol. The Bertz CT molecular complexity index is 769. The van der Waals surface area contributed by atoms with Gasteiger partial charge in [-0.05, 0) is 43.9 Å². The van der Waals surface area contributed by atoms with Crippen LogP contribution < -0.4 is 5.11 Å². The summed E-state index contributed by atoms with van der Waals surface area (Å²) in [7, 11) is 0. The topological polar surface area (TPSA) is 113 Å². The lowest BCUT2D eigenvalue weighted by Crippen LogP contribution is -2.66. The van der Waals surface area contributed by atoms with Crippen LogP contribution in [0.25, 0.3) is 0 Å². The number of ether oxygens (including phenoxy) is 2. The lowest BCUT2D eigenvalue weighted by molar-refractivity contribution is -0.367. The number of aliphatic hydroxyl groups excluding tert-OH is 1. The van der Waals surface area contributed by atoms with Crippen molar-refractivity contribution in [3.8, 4) is 0 Å². The number of hydrogen-bond acceptors (Lipinski definition) is 7. The first-order chi connectivity index (χ1) is 14.1. The maximum atomic E-state index is 14.0. The Morgan fingerprint density at radius 3 is 2.00 bits per heavy atom. The number of aliphatic hydroxyl groups is 1. The number of aliphatic carboxylic acids is 1. The van der Waals surface area contributed by atoms with E-state index in [1.165, 1.54) is 0 Å². The van der Waals surface area contributed by atoms with Crippen molar-refractivity contribution in [3.63, 3.8) is 0 Å². The Hall–Kier alpha value is -2.05. The number of carboxylic acid groups (broad SMARTS) is 1. The lowest BCUT2D eigenvalue weighted by Gasteiger charge is -2.59. The van der Waals surface area contributed by atoms with E-state index in [4.69, 9.17) is 9.84 Å². The molecular weight excluding hydrogens is 442 g/mol. The molecular formula is C18H19F6O7-. The third-order valence-corrected chi connectivity index (χ3v) is 6.38. The molecule has 176 valence electrons. The molecule has 2 unspecified atom stereocenters. The molecule has 13 heteroatoms. The minimum absolute atomic E-state index is 0.0389. The normalized spacial score (nSPS) is 32.6. The molecule has 0 aromatic carbocycles. The molecule has 0 heterocycles. The summed E-state index contributed by atoms with van der Waals surface area (Å²) in [6.07, 6.45) is 0.724. The van der Waals surface area contributed by atoms with Crippen molar-refractivity contribution in [3.05, 3.63) is 0 Å². The van der Waals surface area contributed by atoms with E-state index in [9.17, 15) is 45.8 Å². The number of carboxylic acids is 1. The summed E-state index contributed by atoms with van der Waals surface area (Å²) >= 11 is 0. The van der Waals surface area contributed by atoms with Crippen LogP contribution in [0.5, 0.6) is 0 Å². The van der Waals surface area contributed by atoms with Crippen molar-refractivity contribution >= 4 is 17.9 Å². The van der Waals surface area contributed by atoms with Gasteiger partial charge >= 0.3 is 29.7 Å². The van der Waals surface area contributed by atoms with E-state index in [-0.39, 0.29) is 50.5 Å². The molecule has 4 fully saturated rings. The first-order valence-corrected chi connectivity index (χ1v) is 9.49. The first kappa shape index (κ1) is 23.6. The van der Waals surface area contributed by atoms with Gasteiger partial charge in [-0.3, -0.25) is 4.79 Å². The molecule has 0 amide bonds. The summed E-state index contributed by atoms with van der Waals surface area (Å²) < 4.78 is 91.4. The van der Waals surface area contributed by atoms with Gasteiger partial charge in [0, 0.05) is 6.42 Å². The fourth-order valence-electron chi connectivity index (χ4n) is 5.54. The third kappa shape index (κ3) is 3.54. The lowest BCUT2D eigenvalue weighted by atomic mass is 9.48. The maximum Gasteiger partial charge on any atom is 0.411 e. The van der Waals surface area contributed by atoms with Gasteiger partial charge in [0.05, 0.1) is 12.0 Å². The molecule has 0 aromatic rings. The minimum Gasteiger partial charge on any atom is -0.544 e. The van der Waals surface area contributed by atoms with E-state index in [0.29, 0.717) is 6.42 Å². The summed E-state index contributed by atoms with van der Waals surface area (Å²) in [6, 6.07) is 0. The zero-order valence-corrected chi connectivity index (χ0v) is 16.0. The number of rotatable bonds is 8. The summed E-state index contributed by atoms with van der Waals surface area (Å²) in [5.41, 5.74) is -3.03. The van der Waals surface area contributed by atoms with Crippen LogP contribution in [0.3, 0.4) is 0 Å². The molecule has 0 radical (unpaired) electrons. The Morgan fingerprint density at radius 2 is 1.52 bits per heavy atom. The highest BCUT2D eigenvalue weighted by atomic mass is 19.3. The van der Waals surface area contributed by atoms with Gasteiger partial charge in [-0.25, -0.2) is 4.79 Å². The summed E-state index contributed by atoms with van der Waals surface area (Å²) in [6.45, 7) is -0.798. The van der Waals surface area contributed by atoms with Gasteiger partial charge in [0.1, 0.15) is 18.2 Å². The van der Waals surface area contributed by atoms with Crippen molar-refractivity contribution in [2.75, 3.05) is 13.2 Å². The smallest absolute Gasteiger partial charge is 0.411 e. The van der Waals surface area contributed by atoms with Gasteiger partial charge in [0.15, 0.2) is 0 Å². The zero-order chi connectivity index (χ0) is 23.5. The number of halogens is 6. The average molecular weight is 461 g/mol. The number of esters is 2. The van der Waals surface area contributed by atoms with Crippen LogP contribution in [-0.4, -0.2) is 59.6 Å². The van der Waals surface area contributed by atoms with Gasteiger partial charge in [0.2, 0.25) is 0 Å². The Kier molecular flexibility index (Phi) is 5.51. The Labute approximate surface area is 171 Å². The van der Waals surface area contributed by atoms with Gasteiger partial charge in [-0.1, -0.05) is 0 Å². The number of alkyl halides is 6. The maximum absolute atomic E-state index is 14.0. The largest absolute Gasteiger partial charge is 0.544 e. The highest BCUT2D eigenvalue weighted by Gasteiger charge is 2.77. The van der Waals surface area contributed by atoms with Crippen LogP contribution in [-0.2, 0) is 23.9 Å². The first-order valence-electron chi connectivity index (χ1n) is 9.49. The second kappa shape index (κ2) is 7.24. The number of carbonyl (C=O) groups excluding carboxylic acids is 3. The van der Waals surface area contributed by atoms with Crippen LogP contribution in [0.1, 0.15) is 38.5 Å². The quantitative estimate of drug-likeness (QED) is 0.425. The number of carbonyl (C=O) groups is 3. The molecule has 4 aliphatic rings. The summed E-state index contributed by atoms with van der Waals surface area (Å²) in [5, 5.41) is 19.1. The number of hydrogen-bond donors (Lipinski definition) is 1. The molecule has 0 aliphatic heterocycles. The van der Waals surface area contributed by atoms with E-state index in [1.54, 1.807) is 0 Å². The van der Waals surface area contributed by atoms with Crippen LogP contribution >= 0.6 is 0 Å². The predicted octanol–water partition coefficient (Wildman–Crippen LogP) is 1.06. The van der Waals surface area contributed by atoms with E-state index < -0.39 is 53.3 Å². The van der Waals surface area contributed by atoms with Crippen LogP contribution in [0.15, 0.2) is 0 Å². The van der Waals surface area contributed by atoms with E-state index in [1.807, 2.05) is 0 Å². The van der Waals surface area contributed by atoms with Crippen molar-refractivity contribution in [1.82, 2.24) is 0 Å². The second-order valence-electron chi connectivity index (χ2n) is 8.68. The fraction of sp³-hybridized carbons (Fsp3) is 0.833. The Morgan fingerprint density at radius 1 is 0.968 bits per heavy atom. The fourth-order valence-corrected chi connectivity index (χ4v) is 5.54. The third-order valence-electron chi connectivity index (χ3n) is 6.38. The van der Waals surface area contributed by atoms with Crippen LogP contribution in [0.2, 0.25) is 0 Å². The van der Waals surface area contributed by atoms with Crippen LogP contribution in [0, 0.1) is 17.3 Å². The highest BCUT2D eigenvalue weighted by Crippen LogP contribution is 2.63. The van der Waals surface area contributed by atoms with E-state index in [0.717, 1.165) is 0 Å². The molecule has 4 saturated carbocycles. The molecule has 1 N–H and O–H groups in total.